The fourth-order valence-electron chi connectivity index (χ4n) is 2.76. The van der Waals surface area contributed by atoms with Crippen molar-refractivity contribution in [2.45, 2.75) is 63.1 Å². The minimum atomic E-state index is -1.59. The molecule has 2 unspecified atom stereocenters. The maximum atomic E-state index is 12.1. The fraction of sp³-hybridized carbons (Fsp3) is 0.933. The van der Waals surface area contributed by atoms with Gasteiger partial charge in [-0.05, 0) is 47.7 Å². The first-order valence-corrected chi connectivity index (χ1v) is 7.56. The highest BCUT2D eigenvalue weighted by Gasteiger charge is 2.49. The minimum Gasteiger partial charge on any atom is -0.444 e. The summed E-state index contributed by atoms with van der Waals surface area (Å²) in [5.74, 6) is 0. The number of hydrogen-bond donors (Lipinski definition) is 3. The molecule has 1 aliphatic carbocycles. The third-order valence-corrected chi connectivity index (χ3v) is 3.94. The Kier molecular flexibility index (Phi) is 5.83. The van der Waals surface area contributed by atoms with Crippen molar-refractivity contribution in [1.29, 1.82) is 0 Å². The van der Waals surface area contributed by atoms with Crippen molar-refractivity contribution in [3.05, 3.63) is 0 Å². The molecule has 1 saturated carbocycles. The number of rotatable bonds is 3. The fourth-order valence-corrected chi connectivity index (χ4v) is 2.76. The van der Waals surface area contributed by atoms with Crippen LogP contribution in [0.4, 0.5) is 4.79 Å². The average molecular weight is 318 g/mol. The predicted molar refractivity (Wildman–Crippen MR) is 82.5 cm³/mol. The molecule has 0 heterocycles. The van der Waals surface area contributed by atoms with E-state index in [1.807, 2.05) is 0 Å². The van der Waals surface area contributed by atoms with Crippen LogP contribution < -0.4 is 0 Å². The van der Waals surface area contributed by atoms with Gasteiger partial charge < -0.3 is 29.9 Å². The van der Waals surface area contributed by atoms with Crippen molar-refractivity contribution >= 4 is 6.09 Å². The first-order valence-electron chi connectivity index (χ1n) is 7.56. The molecular weight excluding hydrogens is 288 g/mol. The highest BCUT2D eigenvalue weighted by Crippen LogP contribution is 2.32. The summed E-state index contributed by atoms with van der Waals surface area (Å²) in [6.07, 6.45) is -2.36. The van der Waals surface area contributed by atoms with Gasteiger partial charge >= 0.3 is 6.09 Å². The molecule has 7 heteroatoms. The molecule has 0 saturated heterocycles. The summed E-state index contributed by atoms with van der Waals surface area (Å²) in [5, 5.41) is 31.1. The van der Waals surface area contributed by atoms with Gasteiger partial charge in [-0.1, -0.05) is 0 Å². The van der Waals surface area contributed by atoms with Crippen LogP contribution in [0.1, 0.15) is 33.6 Å². The van der Waals surface area contributed by atoms with Crippen LogP contribution in [0, 0.1) is 0 Å². The maximum Gasteiger partial charge on any atom is 0.410 e. The lowest BCUT2D eigenvalue weighted by molar-refractivity contribution is -0.184. The van der Waals surface area contributed by atoms with E-state index in [-0.39, 0.29) is 25.4 Å². The number of aliphatic hydroxyl groups excluding tert-OH is 2. The smallest absolute Gasteiger partial charge is 0.410 e. The van der Waals surface area contributed by atoms with Crippen molar-refractivity contribution in [3.8, 4) is 0 Å². The van der Waals surface area contributed by atoms with E-state index in [0.29, 0.717) is 0 Å². The van der Waals surface area contributed by atoms with E-state index < -0.39 is 29.5 Å². The summed E-state index contributed by atoms with van der Waals surface area (Å²) < 4.78 is 5.29. The molecule has 1 amide bonds. The van der Waals surface area contributed by atoms with E-state index >= 15 is 0 Å². The van der Waals surface area contributed by atoms with Gasteiger partial charge in [-0.25, -0.2) is 4.79 Å². The van der Waals surface area contributed by atoms with E-state index in [0.717, 1.165) is 0 Å². The average Bonchev–Trinajstić information content (AvgIpc) is 2.32. The maximum absolute atomic E-state index is 12.1. The molecule has 1 aliphatic rings. The largest absolute Gasteiger partial charge is 0.444 e. The Labute approximate surface area is 132 Å². The number of carbonyl (C=O) groups excluding carboxylic acids is 1. The van der Waals surface area contributed by atoms with Gasteiger partial charge in [-0.15, -0.1) is 0 Å². The second-order valence-corrected chi connectivity index (χ2v) is 7.48. The predicted octanol–water partition coefficient (Wildman–Crippen LogP) is 0.0302. The van der Waals surface area contributed by atoms with Gasteiger partial charge in [0.2, 0.25) is 0 Å². The van der Waals surface area contributed by atoms with Crippen LogP contribution in [0.25, 0.3) is 0 Å². The van der Waals surface area contributed by atoms with Gasteiger partial charge in [0.05, 0.1) is 12.2 Å². The summed E-state index contributed by atoms with van der Waals surface area (Å²) in [4.78, 5) is 15.2. The zero-order valence-electron chi connectivity index (χ0n) is 14.4. The molecule has 1 fully saturated rings. The van der Waals surface area contributed by atoms with Crippen LogP contribution in [-0.4, -0.2) is 88.4 Å². The zero-order valence-corrected chi connectivity index (χ0v) is 14.4. The molecule has 0 aromatic rings. The second-order valence-electron chi connectivity index (χ2n) is 7.48. The Morgan fingerprint density at radius 2 is 1.64 bits per heavy atom. The van der Waals surface area contributed by atoms with Crippen molar-refractivity contribution in [2.75, 3.05) is 27.7 Å². The molecule has 0 spiro atoms. The SMILES string of the molecule is CN(C)CC1(O)[C@H](O)CC(N(C)C(=O)OC(C)(C)C)C[C@@H]1O. The number of aliphatic hydroxyl groups is 3. The third-order valence-electron chi connectivity index (χ3n) is 3.94. The Morgan fingerprint density at radius 1 is 1.18 bits per heavy atom. The molecule has 0 bridgehead atoms. The van der Waals surface area contributed by atoms with Crippen LogP contribution in [0.3, 0.4) is 0 Å². The lowest BCUT2D eigenvalue weighted by atomic mass is 9.76. The van der Waals surface area contributed by atoms with Crippen molar-refractivity contribution in [1.82, 2.24) is 9.80 Å². The molecule has 130 valence electrons. The van der Waals surface area contributed by atoms with Gasteiger partial charge in [0, 0.05) is 19.6 Å². The molecule has 1 rings (SSSR count). The number of nitrogens with zero attached hydrogens (tertiary/aromatic N) is 2. The summed E-state index contributed by atoms with van der Waals surface area (Å²) in [7, 11) is 5.10. The van der Waals surface area contributed by atoms with E-state index in [1.165, 1.54) is 4.90 Å². The van der Waals surface area contributed by atoms with Crippen LogP contribution >= 0.6 is 0 Å². The van der Waals surface area contributed by atoms with Crippen LogP contribution in [0.5, 0.6) is 0 Å². The number of amides is 1. The summed E-state index contributed by atoms with van der Waals surface area (Å²) >= 11 is 0. The Bertz CT molecular complexity index is 382. The molecule has 0 aliphatic heterocycles. The van der Waals surface area contributed by atoms with E-state index in [2.05, 4.69) is 0 Å². The molecule has 0 radical (unpaired) electrons. The molecule has 0 aromatic heterocycles. The van der Waals surface area contributed by atoms with E-state index in [9.17, 15) is 20.1 Å². The first kappa shape index (κ1) is 19.2. The monoisotopic (exact) mass is 318 g/mol. The molecule has 7 nitrogen and oxygen atoms in total. The van der Waals surface area contributed by atoms with Gasteiger partial charge in [0.25, 0.3) is 0 Å². The van der Waals surface area contributed by atoms with Crippen LogP contribution in [0.2, 0.25) is 0 Å². The topological polar surface area (TPSA) is 93.5 Å². The first-order chi connectivity index (χ1) is 9.86. The molecule has 0 aromatic carbocycles. The summed E-state index contributed by atoms with van der Waals surface area (Å²) in [5.41, 5.74) is -2.20. The minimum absolute atomic E-state index is 0.151. The molecular formula is C15H30N2O5. The molecule has 3 N–H and O–H groups in total. The van der Waals surface area contributed by atoms with E-state index in [4.69, 9.17) is 4.74 Å². The standard InChI is InChI=1S/C15H30N2O5/c1-14(2,3)22-13(20)17(6)10-7-11(18)15(21,9-16(4)5)12(19)8-10/h10-12,18-19,21H,7-9H2,1-6H3/t10?,11-,12+,15?. The summed E-state index contributed by atoms with van der Waals surface area (Å²) in [6, 6.07) is -0.387. The second kappa shape index (κ2) is 6.70. The lowest BCUT2D eigenvalue weighted by Crippen LogP contribution is -2.64. The van der Waals surface area contributed by atoms with Gasteiger partial charge in [-0.2, -0.15) is 0 Å². The van der Waals surface area contributed by atoms with Crippen LogP contribution in [-0.2, 0) is 4.74 Å². The summed E-state index contributed by atoms with van der Waals surface area (Å²) in [6.45, 7) is 5.48. The van der Waals surface area contributed by atoms with Crippen molar-refractivity contribution < 1.29 is 24.9 Å². The van der Waals surface area contributed by atoms with Crippen molar-refractivity contribution in [2.24, 2.45) is 0 Å². The lowest BCUT2D eigenvalue weighted by Gasteiger charge is -2.47. The number of hydrogen-bond acceptors (Lipinski definition) is 6. The third kappa shape index (κ3) is 4.55. The Hall–Kier alpha value is -0.890. The number of carbonyl (C=O) groups is 1. The number of ether oxygens (including phenoxy) is 1. The van der Waals surface area contributed by atoms with Gasteiger partial charge in [-0.3, -0.25) is 0 Å². The molecule has 4 atom stereocenters. The molecule has 22 heavy (non-hydrogen) atoms. The van der Waals surface area contributed by atoms with Gasteiger partial charge in [0.1, 0.15) is 11.2 Å². The van der Waals surface area contributed by atoms with Gasteiger partial charge in [0.15, 0.2) is 0 Å². The van der Waals surface area contributed by atoms with Crippen LogP contribution in [0.15, 0.2) is 0 Å². The highest BCUT2D eigenvalue weighted by atomic mass is 16.6. The number of likely N-dealkylation sites (N-methyl/N-ethyl adjacent to an activating group) is 1. The van der Waals surface area contributed by atoms with E-state index in [1.54, 1.807) is 46.8 Å². The normalized spacial score (nSPS) is 32.9. The Morgan fingerprint density at radius 3 is 2.00 bits per heavy atom. The zero-order chi connectivity index (χ0) is 17.3. The Balaban J connectivity index is 2.76. The highest BCUT2D eigenvalue weighted by molar-refractivity contribution is 5.68. The van der Waals surface area contributed by atoms with Crippen molar-refractivity contribution in [3.63, 3.8) is 0 Å². The quantitative estimate of drug-likeness (QED) is 0.680.